The average molecular weight is 398 g/mol. The summed E-state index contributed by atoms with van der Waals surface area (Å²) in [4.78, 5) is 23.9. The number of aromatic nitrogens is 1. The minimum absolute atomic E-state index is 0.128. The third-order valence-electron chi connectivity index (χ3n) is 5.04. The first-order valence-electron chi connectivity index (χ1n) is 9.19. The number of amides is 1. The largest absolute Gasteiger partial charge is 0.335 e. The normalized spacial score (nSPS) is 15.3. The van der Waals surface area contributed by atoms with Crippen molar-refractivity contribution in [3.63, 3.8) is 0 Å². The van der Waals surface area contributed by atoms with Crippen molar-refractivity contribution in [3.05, 3.63) is 63.5 Å². The molecular weight excluding hydrogens is 374 g/mol. The molecule has 0 radical (unpaired) electrons. The number of thiazole rings is 1. The SMILES string of the molecule is Cc1ccccc1CN1CCN(C(=O)c2sc(-c3cccs3)nc2C)CC1. The first-order valence-corrected chi connectivity index (χ1v) is 10.9. The quantitative estimate of drug-likeness (QED) is 0.653. The van der Waals surface area contributed by atoms with Gasteiger partial charge in [0.1, 0.15) is 9.88 Å². The van der Waals surface area contributed by atoms with E-state index in [9.17, 15) is 4.79 Å². The number of carbonyl (C=O) groups excluding carboxylic acids is 1. The van der Waals surface area contributed by atoms with Crippen molar-refractivity contribution in [3.8, 4) is 9.88 Å². The van der Waals surface area contributed by atoms with Crippen LogP contribution in [0.25, 0.3) is 9.88 Å². The van der Waals surface area contributed by atoms with Crippen LogP contribution in [0.4, 0.5) is 0 Å². The zero-order valence-corrected chi connectivity index (χ0v) is 17.3. The van der Waals surface area contributed by atoms with Crippen LogP contribution >= 0.6 is 22.7 Å². The van der Waals surface area contributed by atoms with E-state index >= 15 is 0 Å². The maximum Gasteiger partial charge on any atom is 0.265 e. The maximum atomic E-state index is 13.0. The van der Waals surface area contributed by atoms with E-state index in [2.05, 4.69) is 47.1 Å². The smallest absolute Gasteiger partial charge is 0.265 e. The molecule has 1 aromatic carbocycles. The molecule has 1 fully saturated rings. The first-order chi connectivity index (χ1) is 13.1. The molecule has 27 heavy (non-hydrogen) atoms. The zero-order valence-electron chi connectivity index (χ0n) is 15.6. The molecule has 1 amide bonds. The summed E-state index contributed by atoms with van der Waals surface area (Å²) in [6, 6.07) is 12.6. The highest BCUT2D eigenvalue weighted by Crippen LogP contribution is 2.31. The molecule has 0 unspecified atom stereocenters. The molecule has 1 aliphatic rings. The van der Waals surface area contributed by atoms with Crippen molar-refractivity contribution in [1.82, 2.24) is 14.8 Å². The van der Waals surface area contributed by atoms with Gasteiger partial charge in [0.05, 0.1) is 10.6 Å². The number of rotatable bonds is 4. The Morgan fingerprint density at radius 2 is 1.85 bits per heavy atom. The summed E-state index contributed by atoms with van der Waals surface area (Å²) in [5.41, 5.74) is 3.55. The van der Waals surface area contributed by atoms with Gasteiger partial charge in [-0.05, 0) is 36.4 Å². The molecule has 6 heteroatoms. The second-order valence-electron chi connectivity index (χ2n) is 6.91. The predicted molar refractivity (Wildman–Crippen MR) is 113 cm³/mol. The second-order valence-corrected chi connectivity index (χ2v) is 8.85. The lowest BCUT2D eigenvalue weighted by Gasteiger charge is -2.34. The second kappa shape index (κ2) is 7.92. The fourth-order valence-electron chi connectivity index (χ4n) is 3.38. The van der Waals surface area contributed by atoms with Gasteiger partial charge in [-0.2, -0.15) is 0 Å². The van der Waals surface area contributed by atoms with Crippen molar-refractivity contribution in [2.45, 2.75) is 20.4 Å². The molecule has 0 spiro atoms. The summed E-state index contributed by atoms with van der Waals surface area (Å²) in [5, 5.41) is 2.99. The van der Waals surface area contributed by atoms with Crippen molar-refractivity contribution in [2.24, 2.45) is 0 Å². The number of hydrogen-bond acceptors (Lipinski definition) is 5. The van der Waals surface area contributed by atoms with Crippen LogP contribution in [0.5, 0.6) is 0 Å². The molecule has 1 saturated heterocycles. The van der Waals surface area contributed by atoms with Gasteiger partial charge in [0.25, 0.3) is 5.91 Å². The number of hydrogen-bond donors (Lipinski definition) is 0. The van der Waals surface area contributed by atoms with E-state index < -0.39 is 0 Å². The van der Waals surface area contributed by atoms with Crippen molar-refractivity contribution >= 4 is 28.6 Å². The Kier molecular flexibility index (Phi) is 5.38. The summed E-state index contributed by atoms with van der Waals surface area (Å²) in [7, 11) is 0. The minimum atomic E-state index is 0.128. The summed E-state index contributed by atoms with van der Waals surface area (Å²) < 4.78 is 0. The molecule has 3 heterocycles. The fraction of sp³-hybridized carbons (Fsp3) is 0.333. The first kappa shape index (κ1) is 18.3. The lowest BCUT2D eigenvalue weighted by molar-refractivity contribution is 0.0632. The number of benzene rings is 1. The van der Waals surface area contributed by atoms with E-state index in [0.29, 0.717) is 0 Å². The van der Waals surface area contributed by atoms with Gasteiger partial charge in [-0.25, -0.2) is 4.98 Å². The van der Waals surface area contributed by atoms with Crippen molar-refractivity contribution < 1.29 is 4.79 Å². The van der Waals surface area contributed by atoms with E-state index in [-0.39, 0.29) is 5.91 Å². The van der Waals surface area contributed by atoms with Gasteiger partial charge in [-0.3, -0.25) is 9.69 Å². The molecule has 0 N–H and O–H groups in total. The lowest BCUT2D eigenvalue weighted by Crippen LogP contribution is -2.48. The Morgan fingerprint density at radius 1 is 1.07 bits per heavy atom. The van der Waals surface area contributed by atoms with E-state index in [1.54, 1.807) is 11.3 Å². The summed E-state index contributed by atoms with van der Waals surface area (Å²) in [6.45, 7) is 8.43. The molecule has 4 rings (SSSR count). The van der Waals surface area contributed by atoms with Crippen LogP contribution < -0.4 is 0 Å². The fourth-order valence-corrected chi connectivity index (χ4v) is 5.21. The van der Waals surface area contributed by atoms with Gasteiger partial charge in [-0.1, -0.05) is 30.3 Å². The summed E-state index contributed by atoms with van der Waals surface area (Å²) >= 11 is 3.18. The predicted octanol–water partition coefficient (Wildman–Crippen LogP) is 4.45. The molecule has 0 aliphatic carbocycles. The van der Waals surface area contributed by atoms with Crippen LogP contribution in [0.2, 0.25) is 0 Å². The number of piperazine rings is 1. The standard InChI is InChI=1S/C21H23N3OS2/c1-15-6-3-4-7-17(15)14-23-9-11-24(12-10-23)21(25)19-16(2)22-20(27-19)18-8-5-13-26-18/h3-8,13H,9-12,14H2,1-2H3. The van der Waals surface area contributed by atoms with E-state index in [1.807, 2.05) is 23.3 Å². The van der Waals surface area contributed by atoms with Crippen LogP contribution in [-0.4, -0.2) is 46.9 Å². The van der Waals surface area contributed by atoms with E-state index in [1.165, 1.54) is 22.5 Å². The Balaban J connectivity index is 1.40. The van der Waals surface area contributed by atoms with Gasteiger partial charge in [-0.15, -0.1) is 22.7 Å². The molecular formula is C21H23N3OS2. The van der Waals surface area contributed by atoms with Crippen molar-refractivity contribution in [2.75, 3.05) is 26.2 Å². The number of thiophene rings is 1. The molecule has 0 saturated carbocycles. The molecule has 4 nitrogen and oxygen atoms in total. The van der Waals surface area contributed by atoms with Gasteiger partial charge in [0.2, 0.25) is 0 Å². The van der Waals surface area contributed by atoms with Crippen LogP contribution in [0, 0.1) is 13.8 Å². The van der Waals surface area contributed by atoms with Gasteiger partial charge in [0, 0.05) is 32.7 Å². The summed E-state index contributed by atoms with van der Waals surface area (Å²) in [5.74, 6) is 0.128. The highest BCUT2D eigenvalue weighted by atomic mass is 32.1. The topological polar surface area (TPSA) is 36.4 Å². The number of carbonyl (C=O) groups is 1. The van der Waals surface area contributed by atoms with Gasteiger partial charge < -0.3 is 4.90 Å². The molecule has 3 aromatic rings. The summed E-state index contributed by atoms with van der Waals surface area (Å²) in [6.07, 6.45) is 0. The number of nitrogens with zero attached hydrogens (tertiary/aromatic N) is 3. The highest BCUT2D eigenvalue weighted by molar-refractivity contribution is 7.22. The van der Waals surface area contributed by atoms with Crippen molar-refractivity contribution in [1.29, 1.82) is 0 Å². The Labute approximate surface area is 168 Å². The van der Waals surface area contributed by atoms with Gasteiger partial charge in [0.15, 0.2) is 0 Å². The highest BCUT2D eigenvalue weighted by Gasteiger charge is 2.26. The Bertz CT molecular complexity index is 925. The van der Waals surface area contributed by atoms with E-state index in [4.69, 9.17) is 0 Å². The van der Waals surface area contributed by atoms with Crippen LogP contribution in [0.15, 0.2) is 41.8 Å². The maximum absolute atomic E-state index is 13.0. The Hall–Kier alpha value is -2.02. The minimum Gasteiger partial charge on any atom is -0.335 e. The van der Waals surface area contributed by atoms with Gasteiger partial charge >= 0.3 is 0 Å². The molecule has 0 atom stereocenters. The zero-order chi connectivity index (χ0) is 18.8. The average Bonchev–Trinajstić information content (AvgIpc) is 3.33. The molecule has 2 aromatic heterocycles. The molecule has 1 aliphatic heterocycles. The lowest BCUT2D eigenvalue weighted by atomic mass is 10.1. The van der Waals surface area contributed by atoms with Crippen LogP contribution in [-0.2, 0) is 6.54 Å². The number of aryl methyl sites for hydroxylation is 2. The van der Waals surface area contributed by atoms with Crippen LogP contribution in [0.3, 0.4) is 0 Å². The molecule has 0 bridgehead atoms. The third-order valence-corrected chi connectivity index (χ3v) is 7.22. The van der Waals surface area contributed by atoms with E-state index in [0.717, 1.165) is 53.2 Å². The Morgan fingerprint density at radius 3 is 2.56 bits per heavy atom. The molecule has 140 valence electrons. The third kappa shape index (κ3) is 3.98. The van der Waals surface area contributed by atoms with Crippen LogP contribution in [0.1, 0.15) is 26.5 Å². The monoisotopic (exact) mass is 397 g/mol.